The molecule has 1 aromatic carbocycles. The van der Waals surface area contributed by atoms with Gasteiger partial charge in [-0.1, -0.05) is 30.3 Å². The minimum Gasteiger partial charge on any atom is -0.445 e. The Morgan fingerprint density at radius 3 is 2.30 bits per heavy atom. The first-order valence-electron chi connectivity index (χ1n) is 7.27. The Balaban J connectivity index is 1.52. The molecular weight excluding hydrogens is 257 g/mol. The zero-order chi connectivity index (χ0) is 14.1. The third-order valence-corrected chi connectivity index (χ3v) is 4.73. The average molecular weight is 277 g/mol. The molecule has 0 aromatic heterocycles. The molecule has 4 heteroatoms. The number of carbonyl (C=O) groups excluding carboxylic acids is 1. The first kappa shape index (κ1) is 13.4. The molecule has 3 aliphatic carbocycles. The second kappa shape index (κ2) is 5.08. The molecule has 0 unspecified atom stereocenters. The number of hydrogen-bond donors (Lipinski definition) is 1. The number of amides is 1. The third kappa shape index (κ3) is 2.79. The summed E-state index contributed by atoms with van der Waals surface area (Å²) in [6.07, 6.45) is 3.48. The Morgan fingerprint density at radius 2 is 1.70 bits per heavy atom. The van der Waals surface area contributed by atoms with Crippen LogP contribution in [-0.2, 0) is 11.3 Å². The molecule has 3 nitrogen and oxygen atoms in total. The van der Waals surface area contributed by atoms with Crippen molar-refractivity contribution in [3.8, 4) is 0 Å². The Morgan fingerprint density at radius 1 is 1.10 bits per heavy atom. The van der Waals surface area contributed by atoms with Gasteiger partial charge in [0.05, 0.1) is 0 Å². The fourth-order valence-corrected chi connectivity index (χ4v) is 3.30. The quantitative estimate of drug-likeness (QED) is 0.914. The van der Waals surface area contributed by atoms with Crippen LogP contribution in [0.4, 0.5) is 9.18 Å². The number of fused-ring (bicyclic) bond motifs is 3. The van der Waals surface area contributed by atoms with E-state index in [1.807, 2.05) is 30.3 Å². The highest BCUT2D eigenvalue weighted by molar-refractivity contribution is 5.68. The highest BCUT2D eigenvalue weighted by Crippen LogP contribution is 2.48. The van der Waals surface area contributed by atoms with E-state index in [-0.39, 0.29) is 18.2 Å². The van der Waals surface area contributed by atoms with Crippen LogP contribution in [0.1, 0.15) is 44.1 Å². The maximum Gasteiger partial charge on any atom is 0.407 e. The van der Waals surface area contributed by atoms with Gasteiger partial charge in [0, 0.05) is 5.54 Å². The van der Waals surface area contributed by atoms with Crippen LogP contribution < -0.4 is 5.32 Å². The van der Waals surface area contributed by atoms with Crippen LogP contribution >= 0.6 is 0 Å². The predicted octanol–water partition coefficient (Wildman–Crippen LogP) is 3.73. The summed E-state index contributed by atoms with van der Waals surface area (Å²) in [5.74, 6) is 0. The molecule has 1 aromatic rings. The molecule has 1 amide bonds. The Hall–Kier alpha value is -1.58. The van der Waals surface area contributed by atoms with E-state index in [1.54, 1.807) is 0 Å². The molecule has 0 aliphatic heterocycles. The highest BCUT2D eigenvalue weighted by atomic mass is 19.1. The number of benzene rings is 1. The van der Waals surface area contributed by atoms with E-state index in [1.165, 1.54) is 0 Å². The van der Waals surface area contributed by atoms with Gasteiger partial charge in [0.1, 0.15) is 12.3 Å². The summed E-state index contributed by atoms with van der Waals surface area (Å²) in [4.78, 5) is 11.9. The lowest BCUT2D eigenvalue weighted by atomic mass is 9.64. The Labute approximate surface area is 118 Å². The molecule has 2 bridgehead atoms. The molecule has 20 heavy (non-hydrogen) atoms. The molecule has 4 rings (SSSR count). The summed E-state index contributed by atoms with van der Waals surface area (Å²) in [5, 5.41) is 2.98. The second-order valence-electron chi connectivity index (χ2n) is 6.12. The van der Waals surface area contributed by atoms with Crippen LogP contribution in [0.3, 0.4) is 0 Å². The van der Waals surface area contributed by atoms with Gasteiger partial charge < -0.3 is 10.1 Å². The van der Waals surface area contributed by atoms with Crippen LogP contribution in [0.15, 0.2) is 30.3 Å². The van der Waals surface area contributed by atoms with Gasteiger partial charge in [-0.05, 0) is 44.1 Å². The van der Waals surface area contributed by atoms with Crippen LogP contribution in [-0.4, -0.2) is 17.3 Å². The molecule has 108 valence electrons. The smallest absolute Gasteiger partial charge is 0.407 e. The van der Waals surface area contributed by atoms with Gasteiger partial charge >= 0.3 is 6.09 Å². The van der Waals surface area contributed by atoms with Crippen molar-refractivity contribution >= 4 is 6.09 Å². The van der Waals surface area contributed by atoms with Crippen molar-refractivity contribution in [2.75, 3.05) is 0 Å². The fraction of sp³-hybridized carbons (Fsp3) is 0.562. The van der Waals surface area contributed by atoms with Gasteiger partial charge in [-0.2, -0.15) is 0 Å². The lowest BCUT2D eigenvalue weighted by molar-refractivity contribution is -0.00880. The highest BCUT2D eigenvalue weighted by Gasteiger charge is 2.49. The van der Waals surface area contributed by atoms with Crippen molar-refractivity contribution in [3.05, 3.63) is 35.9 Å². The van der Waals surface area contributed by atoms with Crippen molar-refractivity contribution in [3.63, 3.8) is 0 Å². The van der Waals surface area contributed by atoms with E-state index in [4.69, 9.17) is 4.74 Å². The topological polar surface area (TPSA) is 38.3 Å². The van der Waals surface area contributed by atoms with Gasteiger partial charge in [-0.15, -0.1) is 0 Å². The van der Waals surface area contributed by atoms with Crippen LogP contribution in [0, 0.1) is 0 Å². The summed E-state index contributed by atoms with van der Waals surface area (Å²) in [7, 11) is 0. The Kier molecular flexibility index (Phi) is 3.40. The molecule has 0 saturated heterocycles. The number of rotatable bonds is 3. The second-order valence-corrected chi connectivity index (χ2v) is 6.12. The summed E-state index contributed by atoms with van der Waals surface area (Å²) in [6.45, 7) is 0.274. The molecule has 0 radical (unpaired) electrons. The first-order chi connectivity index (χ1) is 9.59. The summed E-state index contributed by atoms with van der Waals surface area (Å²) < 4.78 is 19.3. The minimum atomic E-state index is -0.975. The van der Waals surface area contributed by atoms with Gasteiger partial charge in [-0.25, -0.2) is 9.18 Å². The van der Waals surface area contributed by atoms with Crippen molar-refractivity contribution in [1.82, 2.24) is 5.32 Å². The first-order valence-corrected chi connectivity index (χ1v) is 7.27. The number of ether oxygens (including phenoxy) is 1. The summed E-state index contributed by atoms with van der Waals surface area (Å²) >= 11 is 0. The summed E-state index contributed by atoms with van der Waals surface area (Å²) in [5.41, 5.74) is -0.242. The van der Waals surface area contributed by atoms with Crippen LogP contribution in [0.2, 0.25) is 0 Å². The zero-order valence-corrected chi connectivity index (χ0v) is 11.5. The number of carbonyl (C=O) groups is 1. The van der Waals surface area contributed by atoms with Crippen molar-refractivity contribution in [1.29, 1.82) is 0 Å². The maximum absolute atomic E-state index is 14.1. The molecule has 1 N–H and O–H groups in total. The molecule has 0 atom stereocenters. The van der Waals surface area contributed by atoms with E-state index >= 15 is 0 Å². The van der Waals surface area contributed by atoms with Crippen molar-refractivity contribution in [2.24, 2.45) is 0 Å². The largest absolute Gasteiger partial charge is 0.445 e. The van der Waals surface area contributed by atoms with Crippen LogP contribution in [0.5, 0.6) is 0 Å². The maximum atomic E-state index is 14.1. The monoisotopic (exact) mass is 277 g/mol. The van der Waals surface area contributed by atoms with Gasteiger partial charge in [0.25, 0.3) is 0 Å². The van der Waals surface area contributed by atoms with E-state index in [9.17, 15) is 9.18 Å². The molecule has 3 saturated carbocycles. The average Bonchev–Trinajstić information content (AvgIpc) is 2.48. The molecule has 0 heterocycles. The number of nitrogens with one attached hydrogen (secondary N) is 1. The molecular formula is C16H20FNO2. The van der Waals surface area contributed by atoms with E-state index < -0.39 is 5.67 Å². The number of alkyl carbamates (subject to hydrolysis) is 1. The lowest BCUT2D eigenvalue weighted by Crippen LogP contribution is -2.57. The number of hydrogen-bond acceptors (Lipinski definition) is 2. The predicted molar refractivity (Wildman–Crippen MR) is 74.0 cm³/mol. The number of alkyl halides is 1. The lowest BCUT2D eigenvalue weighted by Gasteiger charge is -2.49. The van der Waals surface area contributed by atoms with Crippen molar-refractivity contribution < 1.29 is 13.9 Å². The van der Waals surface area contributed by atoms with E-state index in [2.05, 4.69) is 5.32 Å². The standard InChI is InChI=1S/C16H20FNO2/c17-15-6-9-16(10-7-15,11-8-15)18-14(19)20-12-13-4-2-1-3-5-13/h1-5H,6-12H2,(H,18,19). The minimum absolute atomic E-state index is 0.235. The summed E-state index contributed by atoms with van der Waals surface area (Å²) in [6, 6.07) is 9.60. The van der Waals surface area contributed by atoms with Gasteiger partial charge in [0.15, 0.2) is 0 Å². The van der Waals surface area contributed by atoms with Crippen molar-refractivity contribution in [2.45, 2.75) is 56.3 Å². The fourth-order valence-electron chi connectivity index (χ4n) is 3.30. The molecule has 0 spiro atoms. The normalized spacial score (nSPS) is 31.9. The van der Waals surface area contributed by atoms with Gasteiger partial charge in [-0.3, -0.25) is 0 Å². The Bertz CT molecular complexity index is 464. The van der Waals surface area contributed by atoms with Crippen LogP contribution in [0.25, 0.3) is 0 Å². The zero-order valence-electron chi connectivity index (χ0n) is 11.5. The van der Waals surface area contributed by atoms with Gasteiger partial charge in [0.2, 0.25) is 0 Å². The van der Waals surface area contributed by atoms with E-state index in [0.29, 0.717) is 19.3 Å². The number of halogens is 1. The van der Waals surface area contributed by atoms with E-state index in [0.717, 1.165) is 24.8 Å². The SMILES string of the molecule is O=C(NC12CCC(F)(CC1)CC2)OCc1ccccc1. The molecule has 3 fully saturated rings. The molecule has 3 aliphatic rings. The third-order valence-electron chi connectivity index (χ3n) is 4.73.